The number of hydrogen-bond donors (Lipinski definition) is 1. The van der Waals surface area contributed by atoms with E-state index in [1.54, 1.807) is 0 Å². The quantitative estimate of drug-likeness (QED) is 0.770. The number of pyridine rings is 1. The van der Waals surface area contributed by atoms with Crippen molar-refractivity contribution in [2.24, 2.45) is 0 Å². The molecule has 0 spiro atoms. The topological polar surface area (TPSA) is 45.2 Å². The van der Waals surface area contributed by atoms with Gasteiger partial charge in [0.2, 0.25) is 5.91 Å². The highest BCUT2D eigenvalue weighted by molar-refractivity contribution is 5.87. The fourth-order valence-corrected chi connectivity index (χ4v) is 3.95. The number of alkyl halides is 3. The van der Waals surface area contributed by atoms with Crippen LogP contribution < -0.4 is 10.2 Å². The maximum atomic E-state index is 13.0. The van der Waals surface area contributed by atoms with Crippen LogP contribution in [-0.4, -0.2) is 30.0 Å². The zero-order chi connectivity index (χ0) is 21.5. The fraction of sp³-hybridized carbons (Fsp3) is 0.478. The van der Waals surface area contributed by atoms with Gasteiger partial charge in [0.25, 0.3) is 0 Å². The highest BCUT2D eigenvalue weighted by Crippen LogP contribution is 2.40. The van der Waals surface area contributed by atoms with Gasteiger partial charge in [0.15, 0.2) is 0 Å². The average molecular weight is 417 g/mol. The predicted octanol–water partition coefficient (Wildman–Crippen LogP) is 4.65. The molecule has 1 amide bonds. The number of aromatic nitrogens is 1. The molecule has 4 rings (SSSR count). The lowest BCUT2D eigenvalue weighted by Gasteiger charge is -2.27. The molecule has 1 aromatic carbocycles. The summed E-state index contributed by atoms with van der Waals surface area (Å²) >= 11 is 0. The zero-order valence-electron chi connectivity index (χ0n) is 17.2. The van der Waals surface area contributed by atoms with Crippen molar-refractivity contribution in [2.75, 3.05) is 18.0 Å². The number of amides is 1. The van der Waals surface area contributed by atoms with Crippen LogP contribution in [0.5, 0.6) is 0 Å². The SMILES string of the molecule is CC(C)(C(=O)N[C@@H]1CCN(c2cncc(C(F)(F)F)c2)C1)c1ccc(C2CC2)cc1. The summed E-state index contributed by atoms with van der Waals surface area (Å²) < 4.78 is 38.9. The molecule has 1 atom stereocenters. The summed E-state index contributed by atoms with van der Waals surface area (Å²) in [6.07, 6.45) is 1.00. The van der Waals surface area contributed by atoms with Crippen molar-refractivity contribution in [1.29, 1.82) is 0 Å². The Kier molecular flexibility index (Phi) is 5.24. The molecule has 1 aromatic heterocycles. The summed E-state index contributed by atoms with van der Waals surface area (Å²) in [5, 5.41) is 3.09. The van der Waals surface area contributed by atoms with Gasteiger partial charge in [-0.15, -0.1) is 0 Å². The molecular formula is C23H26F3N3O. The number of benzene rings is 1. The van der Waals surface area contributed by atoms with E-state index in [0.29, 0.717) is 31.1 Å². The second-order valence-corrected chi connectivity index (χ2v) is 8.86. The Morgan fingerprint density at radius 2 is 1.77 bits per heavy atom. The number of nitrogens with one attached hydrogen (secondary N) is 1. The van der Waals surface area contributed by atoms with E-state index in [9.17, 15) is 18.0 Å². The van der Waals surface area contributed by atoms with Crippen LogP contribution in [0.15, 0.2) is 42.7 Å². The molecule has 160 valence electrons. The van der Waals surface area contributed by atoms with Crippen LogP contribution in [0, 0.1) is 0 Å². The van der Waals surface area contributed by atoms with E-state index >= 15 is 0 Å². The van der Waals surface area contributed by atoms with Gasteiger partial charge in [0, 0.05) is 25.3 Å². The first kappa shape index (κ1) is 20.7. The maximum absolute atomic E-state index is 13.0. The van der Waals surface area contributed by atoms with E-state index in [2.05, 4.69) is 22.4 Å². The fourth-order valence-electron chi connectivity index (χ4n) is 3.95. The van der Waals surface area contributed by atoms with Crippen molar-refractivity contribution in [3.05, 3.63) is 59.4 Å². The molecule has 0 unspecified atom stereocenters. The van der Waals surface area contributed by atoms with Crippen LogP contribution in [0.1, 0.15) is 55.7 Å². The standard InChI is InChI=1S/C23H26F3N3O/c1-22(2,17-7-5-16(6-8-17)15-3-4-15)21(30)28-19-9-10-29(14-19)20-11-18(12-27-13-20)23(24,25)26/h5-8,11-13,15,19H,3-4,9-10,14H2,1-2H3,(H,28,30)/t19-/m1/s1. The minimum absolute atomic E-state index is 0.0734. The molecule has 1 saturated heterocycles. The molecule has 2 fully saturated rings. The summed E-state index contributed by atoms with van der Waals surface area (Å²) in [7, 11) is 0. The van der Waals surface area contributed by atoms with Crippen LogP contribution in [0.2, 0.25) is 0 Å². The molecule has 1 aliphatic carbocycles. The van der Waals surface area contributed by atoms with E-state index in [1.165, 1.54) is 24.6 Å². The lowest BCUT2D eigenvalue weighted by atomic mass is 9.83. The van der Waals surface area contributed by atoms with Gasteiger partial charge >= 0.3 is 6.18 Å². The first-order valence-electron chi connectivity index (χ1n) is 10.3. The minimum atomic E-state index is -4.42. The minimum Gasteiger partial charge on any atom is -0.368 e. The van der Waals surface area contributed by atoms with Crippen LogP contribution in [-0.2, 0) is 16.4 Å². The number of anilines is 1. The van der Waals surface area contributed by atoms with Crippen molar-refractivity contribution in [2.45, 2.75) is 56.7 Å². The summed E-state index contributed by atoms with van der Waals surface area (Å²) in [5.41, 5.74) is 1.27. The van der Waals surface area contributed by atoms with Gasteiger partial charge in [-0.1, -0.05) is 24.3 Å². The van der Waals surface area contributed by atoms with Crippen molar-refractivity contribution in [3.8, 4) is 0 Å². The summed E-state index contributed by atoms with van der Waals surface area (Å²) in [6.45, 7) is 4.84. The number of hydrogen-bond acceptors (Lipinski definition) is 3. The van der Waals surface area contributed by atoms with E-state index in [1.807, 2.05) is 30.9 Å². The number of rotatable bonds is 5. The van der Waals surface area contributed by atoms with Gasteiger partial charge in [-0.3, -0.25) is 9.78 Å². The monoisotopic (exact) mass is 417 g/mol. The highest BCUT2D eigenvalue weighted by atomic mass is 19.4. The molecule has 1 N–H and O–H groups in total. The lowest BCUT2D eigenvalue weighted by Crippen LogP contribution is -2.46. The second kappa shape index (κ2) is 7.60. The van der Waals surface area contributed by atoms with Gasteiger partial charge in [-0.2, -0.15) is 13.2 Å². The Hall–Kier alpha value is -2.57. The summed E-state index contributed by atoms with van der Waals surface area (Å²) in [6, 6.07) is 9.28. The molecule has 2 aliphatic rings. The lowest BCUT2D eigenvalue weighted by molar-refractivity contribution is -0.137. The first-order valence-corrected chi connectivity index (χ1v) is 10.3. The molecule has 0 radical (unpaired) electrons. The number of carbonyl (C=O) groups excluding carboxylic acids is 1. The molecule has 0 bridgehead atoms. The van der Waals surface area contributed by atoms with Crippen LogP contribution in [0.3, 0.4) is 0 Å². The largest absolute Gasteiger partial charge is 0.417 e. The smallest absolute Gasteiger partial charge is 0.368 e. The zero-order valence-corrected chi connectivity index (χ0v) is 17.2. The van der Waals surface area contributed by atoms with E-state index in [4.69, 9.17) is 0 Å². The Balaban J connectivity index is 1.39. The Bertz CT molecular complexity index is 920. The van der Waals surface area contributed by atoms with E-state index in [-0.39, 0.29) is 11.9 Å². The Labute approximate surface area is 174 Å². The van der Waals surface area contributed by atoms with Crippen LogP contribution >= 0.6 is 0 Å². The number of halogens is 3. The third kappa shape index (κ3) is 4.30. The van der Waals surface area contributed by atoms with Gasteiger partial charge < -0.3 is 10.2 Å². The van der Waals surface area contributed by atoms with Crippen molar-refractivity contribution >= 4 is 11.6 Å². The third-order valence-electron chi connectivity index (χ3n) is 6.19. The first-order chi connectivity index (χ1) is 14.1. The van der Waals surface area contributed by atoms with E-state index in [0.717, 1.165) is 17.8 Å². The summed E-state index contributed by atoms with van der Waals surface area (Å²) in [5.74, 6) is 0.599. The van der Waals surface area contributed by atoms with Crippen molar-refractivity contribution in [1.82, 2.24) is 10.3 Å². The maximum Gasteiger partial charge on any atom is 0.417 e. The van der Waals surface area contributed by atoms with Gasteiger partial charge in [0.05, 0.1) is 22.9 Å². The number of nitrogens with zero attached hydrogens (tertiary/aromatic N) is 2. The molecule has 7 heteroatoms. The predicted molar refractivity (Wildman–Crippen MR) is 109 cm³/mol. The molecular weight excluding hydrogens is 391 g/mol. The summed E-state index contributed by atoms with van der Waals surface area (Å²) in [4.78, 5) is 18.6. The molecule has 4 nitrogen and oxygen atoms in total. The van der Waals surface area contributed by atoms with Crippen molar-refractivity contribution in [3.63, 3.8) is 0 Å². The molecule has 30 heavy (non-hydrogen) atoms. The molecule has 1 saturated carbocycles. The van der Waals surface area contributed by atoms with E-state index < -0.39 is 17.2 Å². The normalized spacial score (nSPS) is 19.8. The molecule has 1 aliphatic heterocycles. The van der Waals surface area contributed by atoms with Crippen LogP contribution in [0.4, 0.5) is 18.9 Å². The van der Waals surface area contributed by atoms with Gasteiger partial charge in [0.1, 0.15) is 0 Å². The van der Waals surface area contributed by atoms with Crippen LogP contribution in [0.25, 0.3) is 0 Å². The highest BCUT2D eigenvalue weighted by Gasteiger charge is 2.35. The third-order valence-corrected chi connectivity index (χ3v) is 6.19. The second-order valence-electron chi connectivity index (χ2n) is 8.86. The Morgan fingerprint density at radius 1 is 1.07 bits per heavy atom. The average Bonchev–Trinajstić information content (AvgIpc) is 3.46. The molecule has 2 aromatic rings. The number of carbonyl (C=O) groups is 1. The van der Waals surface area contributed by atoms with Gasteiger partial charge in [-0.25, -0.2) is 0 Å². The Morgan fingerprint density at radius 3 is 2.40 bits per heavy atom. The van der Waals surface area contributed by atoms with Gasteiger partial charge in [-0.05, 0) is 56.2 Å². The van der Waals surface area contributed by atoms with Crippen molar-refractivity contribution < 1.29 is 18.0 Å². The molecule has 2 heterocycles.